The fourth-order valence-electron chi connectivity index (χ4n) is 4.32. The minimum atomic E-state index is -0.0525. The van der Waals surface area contributed by atoms with Crippen molar-refractivity contribution in [3.8, 4) is 0 Å². The summed E-state index contributed by atoms with van der Waals surface area (Å²) in [6.45, 7) is 3.85. The van der Waals surface area contributed by atoms with Gasteiger partial charge in [-0.15, -0.1) is 11.3 Å². The summed E-state index contributed by atoms with van der Waals surface area (Å²) in [7, 11) is 0. The number of likely N-dealkylation sites (tertiary alicyclic amines) is 1. The molecule has 0 spiro atoms. The molecule has 0 bridgehead atoms. The third-order valence-corrected chi connectivity index (χ3v) is 6.87. The zero-order chi connectivity index (χ0) is 19.1. The molecule has 5 nitrogen and oxygen atoms in total. The van der Waals surface area contributed by atoms with Crippen molar-refractivity contribution in [1.82, 2.24) is 10.2 Å². The summed E-state index contributed by atoms with van der Waals surface area (Å²) < 4.78 is 5.14. The number of urea groups is 1. The average molecular weight is 393 g/mol. The second-order valence-electron chi connectivity index (χ2n) is 7.73. The summed E-state index contributed by atoms with van der Waals surface area (Å²) in [4.78, 5) is 28.1. The summed E-state index contributed by atoms with van der Waals surface area (Å²) in [5.74, 6) is 0.459. The fourth-order valence-corrected chi connectivity index (χ4v) is 5.20. The number of hydrogen-bond acceptors (Lipinski definition) is 4. The number of nitrogens with one attached hydrogen (secondary N) is 1. The van der Waals surface area contributed by atoms with Crippen LogP contribution in [0.3, 0.4) is 0 Å². The number of thiophene rings is 1. The van der Waals surface area contributed by atoms with Crippen LogP contribution in [0.1, 0.15) is 69.2 Å². The third kappa shape index (κ3) is 5.47. The van der Waals surface area contributed by atoms with Crippen molar-refractivity contribution >= 4 is 23.3 Å². The number of nitrogens with zero attached hydrogens (tertiary/aromatic N) is 1. The SMILES string of the molecule is CCOC(=O)C1CCC(CNC(=O)N2CCCCCC2c2cccs2)CC1. The van der Waals surface area contributed by atoms with E-state index in [1.165, 1.54) is 17.7 Å². The van der Waals surface area contributed by atoms with Crippen molar-refractivity contribution in [1.29, 1.82) is 0 Å². The highest BCUT2D eigenvalue weighted by atomic mass is 32.1. The van der Waals surface area contributed by atoms with Crippen LogP contribution in [0.25, 0.3) is 0 Å². The van der Waals surface area contributed by atoms with E-state index >= 15 is 0 Å². The molecule has 2 fully saturated rings. The normalized spacial score (nSPS) is 26.3. The first-order valence-electron chi connectivity index (χ1n) is 10.4. The number of hydrogen-bond donors (Lipinski definition) is 1. The molecule has 1 aromatic heterocycles. The van der Waals surface area contributed by atoms with Crippen molar-refractivity contribution in [2.75, 3.05) is 19.7 Å². The van der Waals surface area contributed by atoms with E-state index in [-0.39, 0.29) is 24.0 Å². The first-order chi connectivity index (χ1) is 13.2. The molecule has 2 amide bonds. The lowest BCUT2D eigenvalue weighted by Gasteiger charge is -2.31. The maximum absolute atomic E-state index is 12.9. The van der Waals surface area contributed by atoms with Crippen LogP contribution < -0.4 is 5.32 Å². The molecule has 1 N–H and O–H groups in total. The predicted octanol–water partition coefficient (Wildman–Crippen LogP) is 4.74. The lowest BCUT2D eigenvalue weighted by molar-refractivity contribution is -0.149. The van der Waals surface area contributed by atoms with E-state index in [4.69, 9.17) is 4.74 Å². The van der Waals surface area contributed by atoms with Gasteiger partial charge in [0.2, 0.25) is 0 Å². The molecule has 2 heterocycles. The molecule has 3 rings (SSSR count). The van der Waals surface area contributed by atoms with Gasteiger partial charge in [0.25, 0.3) is 0 Å². The monoisotopic (exact) mass is 392 g/mol. The first kappa shape index (κ1) is 20.2. The Morgan fingerprint density at radius 2 is 2.00 bits per heavy atom. The molecule has 0 aromatic carbocycles. The second kappa shape index (κ2) is 10.1. The van der Waals surface area contributed by atoms with Crippen molar-refractivity contribution in [3.63, 3.8) is 0 Å². The van der Waals surface area contributed by atoms with Crippen LogP contribution >= 0.6 is 11.3 Å². The highest BCUT2D eigenvalue weighted by Gasteiger charge is 2.30. The molecule has 0 radical (unpaired) electrons. The number of rotatable bonds is 5. The smallest absolute Gasteiger partial charge is 0.317 e. The van der Waals surface area contributed by atoms with E-state index in [1.54, 1.807) is 11.3 Å². The number of esters is 1. The number of carbonyl (C=O) groups is 2. The lowest BCUT2D eigenvalue weighted by atomic mass is 9.82. The first-order valence-corrected chi connectivity index (χ1v) is 11.3. The van der Waals surface area contributed by atoms with Gasteiger partial charge in [-0.1, -0.05) is 18.9 Å². The molecule has 1 saturated heterocycles. The molecule has 1 saturated carbocycles. The molecule has 6 heteroatoms. The van der Waals surface area contributed by atoms with Crippen molar-refractivity contribution in [2.45, 2.75) is 64.3 Å². The quantitative estimate of drug-likeness (QED) is 0.736. The van der Waals surface area contributed by atoms with E-state index in [9.17, 15) is 9.59 Å². The highest BCUT2D eigenvalue weighted by molar-refractivity contribution is 7.10. The van der Waals surface area contributed by atoms with Crippen LogP contribution in [0.15, 0.2) is 17.5 Å². The summed E-state index contributed by atoms with van der Waals surface area (Å²) in [5, 5.41) is 5.28. The summed E-state index contributed by atoms with van der Waals surface area (Å²) in [6, 6.07) is 4.51. The van der Waals surface area contributed by atoms with Gasteiger partial charge < -0.3 is 15.0 Å². The molecule has 1 aliphatic heterocycles. The van der Waals surface area contributed by atoms with Gasteiger partial charge in [-0.25, -0.2) is 4.79 Å². The van der Waals surface area contributed by atoms with Gasteiger partial charge in [0.15, 0.2) is 0 Å². The maximum Gasteiger partial charge on any atom is 0.317 e. The third-order valence-electron chi connectivity index (χ3n) is 5.89. The van der Waals surface area contributed by atoms with Crippen LogP contribution in [-0.4, -0.2) is 36.6 Å². The molecule has 27 heavy (non-hydrogen) atoms. The summed E-state index contributed by atoms with van der Waals surface area (Å²) >= 11 is 1.75. The van der Waals surface area contributed by atoms with Crippen LogP contribution in [0.2, 0.25) is 0 Å². The Morgan fingerprint density at radius 3 is 2.70 bits per heavy atom. The Labute approximate surface area is 166 Å². The van der Waals surface area contributed by atoms with E-state index in [1.807, 2.05) is 11.8 Å². The van der Waals surface area contributed by atoms with Gasteiger partial charge in [0, 0.05) is 18.0 Å². The van der Waals surface area contributed by atoms with Crippen molar-refractivity contribution < 1.29 is 14.3 Å². The van der Waals surface area contributed by atoms with E-state index in [0.717, 1.165) is 45.1 Å². The van der Waals surface area contributed by atoms with Gasteiger partial charge in [0.05, 0.1) is 18.6 Å². The molecule has 1 aromatic rings. The Balaban J connectivity index is 1.49. The summed E-state index contributed by atoms with van der Waals surface area (Å²) in [6.07, 6.45) is 8.24. The average Bonchev–Trinajstić information content (AvgIpc) is 3.11. The van der Waals surface area contributed by atoms with Gasteiger partial charge in [-0.3, -0.25) is 4.79 Å². The topological polar surface area (TPSA) is 58.6 Å². The van der Waals surface area contributed by atoms with E-state index < -0.39 is 0 Å². The van der Waals surface area contributed by atoms with Gasteiger partial charge in [0.1, 0.15) is 0 Å². The van der Waals surface area contributed by atoms with Crippen LogP contribution in [0.4, 0.5) is 4.79 Å². The van der Waals surface area contributed by atoms with Crippen LogP contribution in [0.5, 0.6) is 0 Å². The molecule has 1 atom stereocenters. The highest BCUT2D eigenvalue weighted by Crippen LogP contribution is 2.33. The van der Waals surface area contributed by atoms with E-state index in [2.05, 4.69) is 22.8 Å². The standard InChI is InChI=1S/C21H32N2O3S/c1-2-26-20(24)17-11-9-16(10-12-17)15-22-21(25)23-13-5-3-4-7-18(23)19-8-6-14-27-19/h6,8,14,16-18H,2-5,7,9-13,15H2,1H3,(H,22,25). The largest absolute Gasteiger partial charge is 0.466 e. The second-order valence-corrected chi connectivity index (χ2v) is 8.71. The molecular formula is C21H32N2O3S. The fraction of sp³-hybridized carbons (Fsp3) is 0.714. The Kier molecular flexibility index (Phi) is 7.56. The zero-order valence-corrected chi connectivity index (χ0v) is 17.1. The van der Waals surface area contributed by atoms with E-state index in [0.29, 0.717) is 19.1 Å². The molecule has 150 valence electrons. The van der Waals surface area contributed by atoms with Crippen LogP contribution in [0, 0.1) is 11.8 Å². The summed E-state index contributed by atoms with van der Waals surface area (Å²) in [5.41, 5.74) is 0. The number of amides is 2. The minimum Gasteiger partial charge on any atom is -0.466 e. The number of ether oxygens (including phenoxy) is 1. The Hall–Kier alpha value is -1.56. The van der Waals surface area contributed by atoms with Gasteiger partial charge in [-0.05, 0) is 62.8 Å². The molecule has 1 unspecified atom stereocenters. The molecule has 2 aliphatic rings. The molecule has 1 aliphatic carbocycles. The van der Waals surface area contributed by atoms with Crippen molar-refractivity contribution in [2.24, 2.45) is 11.8 Å². The van der Waals surface area contributed by atoms with Gasteiger partial charge in [-0.2, -0.15) is 0 Å². The van der Waals surface area contributed by atoms with Crippen molar-refractivity contribution in [3.05, 3.63) is 22.4 Å². The zero-order valence-electron chi connectivity index (χ0n) is 16.3. The Bertz CT molecular complexity index is 597. The lowest BCUT2D eigenvalue weighted by Crippen LogP contribution is -2.44. The number of carbonyl (C=O) groups excluding carboxylic acids is 2. The van der Waals surface area contributed by atoms with Crippen LogP contribution in [-0.2, 0) is 9.53 Å². The maximum atomic E-state index is 12.9. The predicted molar refractivity (Wildman–Crippen MR) is 108 cm³/mol. The van der Waals surface area contributed by atoms with Gasteiger partial charge >= 0.3 is 12.0 Å². The molecular weight excluding hydrogens is 360 g/mol. The Morgan fingerprint density at radius 1 is 1.19 bits per heavy atom. The minimum absolute atomic E-state index is 0.0470.